The standard InChI is InChI=1S/C9H18ClNO2S/c1-3-14(12,13)11-6-4-9(5-7-11)8(2)10/h8-9H,3-7H2,1-2H3. The zero-order valence-electron chi connectivity index (χ0n) is 8.74. The van der Waals surface area contributed by atoms with E-state index in [0.29, 0.717) is 19.0 Å². The van der Waals surface area contributed by atoms with Crippen LogP contribution in [-0.2, 0) is 10.0 Å². The van der Waals surface area contributed by atoms with Gasteiger partial charge in [0.1, 0.15) is 0 Å². The van der Waals surface area contributed by atoms with Crippen LogP contribution in [-0.4, -0.2) is 36.9 Å². The second-order valence-electron chi connectivity index (χ2n) is 3.81. The third-order valence-electron chi connectivity index (χ3n) is 2.91. The predicted molar refractivity (Wildman–Crippen MR) is 59.1 cm³/mol. The van der Waals surface area contributed by atoms with Crippen LogP contribution < -0.4 is 0 Å². The molecule has 1 aliphatic rings. The molecule has 0 aliphatic carbocycles. The number of hydrogen-bond acceptors (Lipinski definition) is 2. The molecule has 1 fully saturated rings. The zero-order valence-corrected chi connectivity index (χ0v) is 10.3. The van der Waals surface area contributed by atoms with Gasteiger partial charge in [-0.3, -0.25) is 0 Å². The normalized spacial score (nSPS) is 23.6. The van der Waals surface area contributed by atoms with Crippen LogP contribution >= 0.6 is 11.6 Å². The fourth-order valence-electron chi connectivity index (χ4n) is 1.80. The summed E-state index contributed by atoms with van der Waals surface area (Å²) in [6.45, 7) is 4.94. The molecule has 1 unspecified atom stereocenters. The minimum Gasteiger partial charge on any atom is -0.212 e. The van der Waals surface area contributed by atoms with Crippen molar-refractivity contribution >= 4 is 21.6 Å². The Balaban J connectivity index is 2.52. The molecule has 1 heterocycles. The number of rotatable bonds is 3. The Hall–Kier alpha value is 0.200. The Morgan fingerprint density at radius 2 is 1.93 bits per heavy atom. The first-order valence-corrected chi connectivity index (χ1v) is 7.14. The van der Waals surface area contributed by atoms with E-state index < -0.39 is 10.0 Å². The Labute approximate surface area is 91.5 Å². The molecule has 14 heavy (non-hydrogen) atoms. The highest BCUT2D eigenvalue weighted by atomic mass is 35.5. The average Bonchev–Trinajstić information content (AvgIpc) is 2.18. The molecule has 1 atom stereocenters. The first kappa shape index (κ1) is 12.3. The molecule has 1 rings (SSSR count). The minimum atomic E-state index is -2.98. The van der Waals surface area contributed by atoms with Crippen LogP contribution in [0.25, 0.3) is 0 Å². The van der Waals surface area contributed by atoms with Gasteiger partial charge in [-0.05, 0) is 32.6 Å². The third-order valence-corrected chi connectivity index (χ3v) is 5.14. The zero-order chi connectivity index (χ0) is 10.8. The number of hydrogen-bond donors (Lipinski definition) is 0. The van der Waals surface area contributed by atoms with Gasteiger partial charge in [0.2, 0.25) is 10.0 Å². The SMILES string of the molecule is CCS(=O)(=O)N1CCC(C(C)Cl)CC1. The fourth-order valence-corrected chi connectivity index (χ4v) is 3.18. The lowest BCUT2D eigenvalue weighted by molar-refractivity contribution is 0.272. The summed E-state index contributed by atoms with van der Waals surface area (Å²) in [5.74, 6) is 0.675. The van der Waals surface area contributed by atoms with E-state index in [9.17, 15) is 8.42 Å². The van der Waals surface area contributed by atoms with E-state index in [1.54, 1.807) is 11.2 Å². The van der Waals surface area contributed by atoms with Crippen LogP contribution in [0.4, 0.5) is 0 Å². The van der Waals surface area contributed by atoms with Crippen LogP contribution in [0.1, 0.15) is 26.7 Å². The molecule has 0 N–H and O–H groups in total. The lowest BCUT2D eigenvalue weighted by atomic mass is 9.95. The Kier molecular flexibility index (Phi) is 4.22. The van der Waals surface area contributed by atoms with E-state index in [-0.39, 0.29) is 11.1 Å². The highest BCUT2D eigenvalue weighted by molar-refractivity contribution is 7.89. The summed E-state index contributed by atoms with van der Waals surface area (Å²) < 4.78 is 24.6. The summed E-state index contributed by atoms with van der Waals surface area (Å²) in [5.41, 5.74) is 0. The van der Waals surface area contributed by atoms with Gasteiger partial charge in [-0.1, -0.05) is 0 Å². The monoisotopic (exact) mass is 239 g/mol. The van der Waals surface area contributed by atoms with Crippen LogP contribution in [0.15, 0.2) is 0 Å². The molecular formula is C9H18ClNO2S. The average molecular weight is 240 g/mol. The highest BCUT2D eigenvalue weighted by Gasteiger charge is 2.28. The molecule has 3 nitrogen and oxygen atoms in total. The topological polar surface area (TPSA) is 37.4 Å². The van der Waals surface area contributed by atoms with Crippen LogP contribution in [0, 0.1) is 5.92 Å². The van der Waals surface area contributed by atoms with Crippen molar-refractivity contribution in [3.05, 3.63) is 0 Å². The van der Waals surface area contributed by atoms with Gasteiger partial charge >= 0.3 is 0 Å². The van der Waals surface area contributed by atoms with Crippen molar-refractivity contribution in [3.63, 3.8) is 0 Å². The predicted octanol–water partition coefficient (Wildman–Crippen LogP) is 1.68. The molecule has 1 saturated heterocycles. The van der Waals surface area contributed by atoms with Crippen molar-refractivity contribution in [1.82, 2.24) is 4.31 Å². The number of piperidine rings is 1. The van der Waals surface area contributed by atoms with Crippen LogP contribution in [0.2, 0.25) is 0 Å². The second kappa shape index (κ2) is 4.81. The molecule has 0 bridgehead atoms. The largest absolute Gasteiger partial charge is 0.213 e. The molecule has 0 aromatic rings. The quantitative estimate of drug-likeness (QED) is 0.703. The van der Waals surface area contributed by atoms with Gasteiger partial charge in [0.25, 0.3) is 0 Å². The smallest absolute Gasteiger partial charge is 0.212 e. The van der Waals surface area contributed by atoms with Crippen molar-refractivity contribution < 1.29 is 8.42 Å². The van der Waals surface area contributed by atoms with Crippen molar-refractivity contribution in [2.45, 2.75) is 32.1 Å². The van der Waals surface area contributed by atoms with Gasteiger partial charge in [-0.25, -0.2) is 12.7 Å². The number of halogens is 1. The summed E-state index contributed by atoms with van der Waals surface area (Å²) in [4.78, 5) is 0. The molecular weight excluding hydrogens is 222 g/mol. The van der Waals surface area contributed by atoms with Crippen LogP contribution in [0.3, 0.4) is 0 Å². The summed E-state index contributed by atoms with van der Waals surface area (Å²) in [7, 11) is -2.98. The number of sulfonamides is 1. The van der Waals surface area contributed by atoms with Crippen molar-refractivity contribution in [2.24, 2.45) is 5.92 Å². The fraction of sp³-hybridized carbons (Fsp3) is 1.00. The van der Waals surface area contributed by atoms with Crippen molar-refractivity contribution in [3.8, 4) is 0 Å². The van der Waals surface area contributed by atoms with E-state index in [0.717, 1.165) is 12.8 Å². The summed E-state index contributed by atoms with van der Waals surface area (Å²) in [5, 5.41) is 0.154. The van der Waals surface area contributed by atoms with E-state index in [2.05, 4.69) is 0 Å². The van der Waals surface area contributed by atoms with Gasteiger partial charge in [-0.2, -0.15) is 0 Å². The van der Waals surface area contributed by atoms with E-state index in [4.69, 9.17) is 11.6 Å². The number of alkyl halides is 1. The molecule has 0 aromatic carbocycles. The molecule has 0 amide bonds. The third kappa shape index (κ3) is 2.84. The van der Waals surface area contributed by atoms with E-state index >= 15 is 0 Å². The maximum absolute atomic E-state index is 11.5. The Morgan fingerprint density at radius 1 is 1.43 bits per heavy atom. The van der Waals surface area contributed by atoms with E-state index in [1.807, 2.05) is 6.92 Å². The first-order chi connectivity index (χ1) is 6.47. The van der Waals surface area contributed by atoms with Crippen LogP contribution in [0.5, 0.6) is 0 Å². The summed E-state index contributed by atoms with van der Waals surface area (Å²) in [6, 6.07) is 0. The second-order valence-corrected chi connectivity index (χ2v) is 6.76. The molecule has 5 heteroatoms. The van der Waals surface area contributed by atoms with Crippen molar-refractivity contribution in [2.75, 3.05) is 18.8 Å². The molecule has 0 spiro atoms. The van der Waals surface area contributed by atoms with Gasteiger partial charge in [-0.15, -0.1) is 11.6 Å². The summed E-state index contributed by atoms with van der Waals surface area (Å²) >= 11 is 5.98. The highest BCUT2D eigenvalue weighted by Crippen LogP contribution is 2.25. The molecule has 84 valence electrons. The van der Waals surface area contributed by atoms with Gasteiger partial charge in [0.05, 0.1) is 5.75 Å². The lowest BCUT2D eigenvalue weighted by Gasteiger charge is -2.32. The maximum Gasteiger partial charge on any atom is 0.213 e. The minimum absolute atomic E-state index is 0.154. The molecule has 1 aliphatic heterocycles. The number of nitrogens with zero attached hydrogens (tertiary/aromatic N) is 1. The van der Waals surface area contributed by atoms with Gasteiger partial charge < -0.3 is 0 Å². The maximum atomic E-state index is 11.5. The van der Waals surface area contributed by atoms with Crippen molar-refractivity contribution in [1.29, 1.82) is 0 Å². The van der Waals surface area contributed by atoms with Gasteiger partial charge in [0, 0.05) is 18.5 Å². The Morgan fingerprint density at radius 3 is 2.29 bits per heavy atom. The van der Waals surface area contributed by atoms with E-state index in [1.165, 1.54) is 0 Å². The summed E-state index contributed by atoms with van der Waals surface area (Å²) in [6.07, 6.45) is 1.79. The lowest BCUT2D eigenvalue weighted by Crippen LogP contribution is -2.40. The Bertz CT molecular complexity index is 269. The first-order valence-electron chi connectivity index (χ1n) is 5.09. The van der Waals surface area contributed by atoms with Gasteiger partial charge in [0.15, 0.2) is 0 Å². The molecule has 0 saturated carbocycles. The molecule has 0 radical (unpaired) electrons. The molecule has 0 aromatic heterocycles.